The Balaban J connectivity index is 2.04. The molecular formula is C13H15F3N2O3S. The minimum absolute atomic E-state index is 0.0709. The number of carboxylic acids is 1. The predicted molar refractivity (Wildman–Crippen MR) is 72.0 cm³/mol. The van der Waals surface area contributed by atoms with Gasteiger partial charge in [-0.1, -0.05) is 13.8 Å². The first-order valence-corrected chi connectivity index (χ1v) is 7.33. The number of carboxylic acid groups (broad SMARTS) is 1. The first-order valence-electron chi connectivity index (χ1n) is 6.45. The van der Waals surface area contributed by atoms with Crippen LogP contribution in [0.2, 0.25) is 0 Å². The number of carbonyl (C=O) groups is 2. The summed E-state index contributed by atoms with van der Waals surface area (Å²) in [6.07, 6.45) is -4.51. The van der Waals surface area contributed by atoms with E-state index in [2.05, 4.69) is 4.98 Å². The van der Waals surface area contributed by atoms with Crippen molar-refractivity contribution in [3.8, 4) is 0 Å². The zero-order valence-corrected chi connectivity index (χ0v) is 13.0. The molecule has 1 fully saturated rings. The second kappa shape index (κ2) is 5.22. The van der Waals surface area contributed by atoms with Crippen LogP contribution in [0.15, 0.2) is 5.38 Å². The number of hydrogen-bond acceptors (Lipinski definition) is 4. The number of halogens is 3. The highest BCUT2D eigenvalue weighted by Gasteiger charge is 2.66. The van der Waals surface area contributed by atoms with Crippen molar-refractivity contribution in [1.29, 1.82) is 0 Å². The van der Waals surface area contributed by atoms with Crippen LogP contribution in [0.1, 0.15) is 24.5 Å². The van der Waals surface area contributed by atoms with Gasteiger partial charge in [-0.15, -0.1) is 11.3 Å². The molecule has 1 aliphatic rings. The monoisotopic (exact) mass is 336 g/mol. The molecule has 0 radical (unpaired) electrons. The molecule has 9 heteroatoms. The molecule has 122 valence electrons. The van der Waals surface area contributed by atoms with E-state index in [0.29, 0.717) is 0 Å². The molecular weight excluding hydrogens is 321 g/mol. The first kappa shape index (κ1) is 16.7. The van der Waals surface area contributed by atoms with Gasteiger partial charge in [-0.3, -0.25) is 9.59 Å². The number of amides is 1. The summed E-state index contributed by atoms with van der Waals surface area (Å²) in [6, 6.07) is 0. The summed E-state index contributed by atoms with van der Waals surface area (Å²) in [5, 5.41) is 10.1. The Morgan fingerprint density at radius 1 is 1.41 bits per heavy atom. The van der Waals surface area contributed by atoms with Gasteiger partial charge in [0.25, 0.3) is 0 Å². The summed E-state index contributed by atoms with van der Waals surface area (Å²) in [4.78, 5) is 28.0. The van der Waals surface area contributed by atoms with Crippen LogP contribution < -0.4 is 0 Å². The maximum atomic E-state index is 12.5. The number of rotatable bonds is 4. The van der Waals surface area contributed by atoms with E-state index in [1.165, 1.54) is 11.9 Å². The van der Waals surface area contributed by atoms with Gasteiger partial charge in [-0.25, -0.2) is 4.98 Å². The first-order chi connectivity index (χ1) is 9.96. The lowest BCUT2D eigenvalue weighted by molar-refractivity contribution is -0.142. The van der Waals surface area contributed by atoms with Crippen LogP contribution in [0.25, 0.3) is 0 Å². The summed E-state index contributed by atoms with van der Waals surface area (Å²) in [7, 11) is 1.43. The standard InChI is InChI=1S/C13H15F3N2O3S/c1-12(2)8(9(12)11(20)21)10(19)18(3)4-7-17-6(5-22-7)13(14,15)16/h5,8-9H,4H2,1-3H3,(H,20,21)/t8-,9+/m0/s1. The average molecular weight is 336 g/mol. The number of aliphatic carboxylic acids is 1. The Bertz CT molecular complexity index is 612. The maximum absolute atomic E-state index is 12.5. The topological polar surface area (TPSA) is 70.5 Å². The summed E-state index contributed by atoms with van der Waals surface area (Å²) in [6.45, 7) is 3.30. The van der Waals surface area contributed by atoms with Crippen molar-refractivity contribution in [1.82, 2.24) is 9.88 Å². The molecule has 2 atom stereocenters. The Morgan fingerprint density at radius 3 is 2.41 bits per heavy atom. The van der Waals surface area contributed by atoms with E-state index in [9.17, 15) is 22.8 Å². The molecule has 0 spiro atoms. The highest BCUT2D eigenvalue weighted by molar-refractivity contribution is 7.09. The third kappa shape index (κ3) is 2.94. The molecule has 0 saturated heterocycles. The predicted octanol–water partition coefficient (Wildman–Crippen LogP) is 2.48. The van der Waals surface area contributed by atoms with E-state index in [4.69, 9.17) is 5.11 Å². The van der Waals surface area contributed by atoms with E-state index >= 15 is 0 Å². The minimum Gasteiger partial charge on any atom is -0.481 e. The molecule has 0 aromatic carbocycles. The maximum Gasteiger partial charge on any atom is 0.434 e. The minimum atomic E-state index is -4.51. The molecule has 1 aliphatic carbocycles. The quantitative estimate of drug-likeness (QED) is 0.917. The fraction of sp³-hybridized carbons (Fsp3) is 0.615. The Kier molecular flexibility index (Phi) is 3.97. The van der Waals surface area contributed by atoms with Crippen molar-refractivity contribution < 1.29 is 27.9 Å². The fourth-order valence-corrected chi connectivity index (χ4v) is 3.44. The van der Waals surface area contributed by atoms with Gasteiger partial charge in [-0.2, -0.15) is 13.2 Å². The van der Waals surface area contributed by atoms with Crippen LogP contribution in [0.3, 0.4) is 0 Å². The number of hydrogen-bond donors (Lipinski definition) is 1. The van der Waals surface area contributed by atoms with Gasteiger partial charge in [0.2, 0.25) is 5.91 Å². The van der Waals surface area contributed by atoms with Crippen molar-refractivity contribution in [3.05, 3.63) is 16.1 Å². The molecule has 0 aliphatic heterocycles. The lowest BCUT2D eigenvalue weighted by Crippen LogP contribution is -2.29. The molecule has 0 unspecified atom stereocenters. The molecule has 22 heavy (non-hydrogen) atoms. The third-order valence-corrected chi connectivity index (χ3v) is 4.78. The average Bonchev–Trinajstić information content (AvgIpc) is 2.71. The van der Waals surface area contributed by atoms with Crippen LogP contribution >= 0.6 is 11.3 Å². The molecule has 5 nitrogen and oxygen atoms in total. The van der Waals surface area contributed by atoms with Crippen LogP contribution in [0.5, 0.6) is 0 Å². The van der Waals surface area contributed by atoms with E-state index in [1.807, 2.05) is 0 Å². The molecule has 1 saturated carbocycles. The van der Waals surface area contributed by atoms with Gasteiger partial charge >= 0.3 is 12.1 Å². The molecule has 1 aromatic rings. The van der Waals surface area contributed by atoms with Gasteiger partial charge < -0.3 is 10.0 Å². The Labute approximate surface area is 128 Å². The molecule has 1 N–H and O–H groups in total. The van der Waals surface area contributed by atoms with Crippen molar-refractivity contribution in [2.75, 3.05) is 7.05 Å². The normalized spacial score (nSPS) is 23.2. The number of nitrogens with zero attached hydrogens (tertiary/aromatic N) is 2. The number of aromatic nitrogens is 1. The van der Waals surface area contributed by atoms with Crippen LogP contribution in [0.4, 0.5) is 13.2 Å². The van der Waals surface area contributed by atoms with Crippen molar-refractivity contribution >= 4 is 23.2 Å². The number of alkyl halides is 3. The second-order valence-corrected chi connectivity index (χ2v) is 6.88. The Morgan fingerprint density at radius 2 is 2.00 bits per heavy atom. The zero-order chi connectivity index (χ0) is 16.9. The van der Waals surface area contributed by atoms with Gasteiger partial charge in [0, 0.05) is 12.4 Å². The highest BCUT2D eigenvalue weighted by atomic mass is 32.1. The van der Waals surface area contributed by atoms with Gasteiger partial charge in [0.05, 0.1) is 18.4 Å². The third-order valence-electron chi connectivity index (χ3n) is 3.95. The molecule has 1 aromatic heterocycles. The van der Waals surface area contributed by atoms with Gasteiger partial charge in [-0.05, 0) is 5.41 Å². The molecule has 1 heterocycles. The van der Waals surface area contributed by atoms with Gasteiger partial charge in [0.15, 0.2) is 5.69 Å². The van der Waals surface area contributed by atoms with E-state index < -0.39 is 35.1 Å². The molecule has 0 bridgehead atoms. The number of thiazole rings is 1. The fourth-order valence-electron chi connectivity index (χ4n) is 2.59. The van der Waals surface area contributed by atoms with E-state index in [1.54, 1.807) is 13.8 Å². The van der Waals surface area contributed by atoms with Crippen molar-refractivity contribution in [2.45, 2.75) is 26.6 Å². The lowest BCUT2D eigenvalue weighted by Gasteiger charge is -2.16. The van der Waals surface area contributed by atoms with Gasteiger partial charge in [0.1, 0.15) is 5.01 Å². The summed E-state index contributed by atoms with van der Waals surface area (Å²) >= 11 is 0.820. The summed E-state index contributed by atoms with van der Waals surface area (Å²) in [5.41, 5.74) is -1.62. The smallest absolute Gasteiger partial charge is 0.434 e. The highest BCUT2D eigenvalue weighted by Crippen LogP contribution is 2.59. The molecule has 2 rings (SSSR count). The lowest BCUT2D eigenvalue weighted by atomic mass is 10.1. The second-order valence-electron chi connectivity index (χ2n) is 5.93. The zero-order valence-electron chi connectivity index (χ0n) is 12.1. The largest absolute Gasteiger partial charge is 0.481 e. The summed E-state index contributed by atoms with van der Waals surface area (Å²) in [5.74, 6) is -2.84. The van der Waals surface area contributed by atoms with Crippen molar-refractivity contribution in [2.24, 2.45) is 17.3 Å². The van der Waals surface area contributed by atoms with E-state index in [-0.39, 0.29) is 17.5 Å². The van der Waals surface area contributed by atoms with Crippen LogP contribution in [0, 0.1) is 17.3 Å². The van der Waals surface area contributed by atoms with Crippen molar-refractivity contribution in [3.63, 3.8) is 0 Å². The van der Waals surface area contributed by atoms with Crippen LogP contribution in [-0.2, 0) is 22.3 Å². The van der Waals surface area contributed by atoms with E-state index in [0.717, 1.165) is 16.7 Å². The van der Waals surface area contributed by atoms with Crippen LogP contribution in [-0.4, -0.2) is 33.9 Å². The summed E-state index contributed by atoms with van der Waals surface area (Å²) < 4.78 is 37.4. The number of carbonyl (C=O) groups excluding carboxylic acids is 1. The SMILES string of the molecule is CN(Cc1nc(C(F)(F)F)cs1)C(=O)[C@@H]1[C@H](C(=O)O)C1(C)C. The molecule has 1 amide bonds. The Hall–Kier alpha value is -1.64.